The third-order valence-corrected chi connectivity index (χ3v) is 4.51. The van der Waals surface area contributed by atoms with Gasteiger partial charge in [0.25, 0.3) is 0 Å². The fourth-order valence-corrected chi connectivity index (χ4v) is 3.28. The molecule has 1 amide bonds. The fourth-order valence-electron chi connectivity index (χ4n) is 2.41. The van der Waals surface area contributed by atoms with Crippen LogP contribution in [0.5, 0.6) is 0 Å². The molecule has 0 fully saturated rings. The highest BCUT2D eigenvalue weighted by molar-refractivity contribution is 7.14. The fraction of sp³-hybridized carbons (Fsp3) is 0.100. The number of thiazole rings is 1. The number of nitriles is 1. The van der Waals surface area contributed by atoms with Gasteiger partial charge in [0.05, 0.1) is 28.6 Å². The summed E-state index contributed by atoms with van der Waals surface area (Å²) < 4.78 is 5.27. The molecule has 7 heteroatoms. The Morgan fingerprint density at radius 2 is 1.96 bits per heavy atom. The number of hydrogen-bond donors (Lipinski definition) is 0. The first-order chi connectivity index (χ1) is 13.1. The molecule has 0 N–H and O–H groups in total. The molecule has 1 heterocycles. The van der Waals surface area contributed by atoms with Crippen LogP contribution in [0.25, 0.3) is 0 Å². The summed E-state index contributed by atoms with van der Waals surface area (Å²) in [6.45, 7) is 1.45. The van der Waals surface area contributed by atoms with Crippen LogP contribution in [0.2, 0.25) is 0 Å². The summed E-state index contributed by atoms with van der Waals surface area (Å²) in [4.78, 5) is 30.1. The van der Waals surface area contributed by atoms with Crippen LogP contribution in [0, 0.1) is 11.3 Å². The second kappa shape index (κ2) is 8.25. The molecular formula is C20H15N3O3S. The molecule has 3 aromatic rings. The number of carbonyl (C=O) groups is 2. The number of benzene rings is 2. The highest BCUT2D eigenvalue weighted by Crippen LogP contribution is 2.28. The summed E-state index contributed by atoms with van der Waals surface area (Å²) in [6, 6.07) is 17.5. The number of esters is 1. The monoisotopic (exact) mass is 377 g/mol. The van der Waals surface area contributed by atoms with E-state index in [-0.39, 0.29) is 12.5 Å². The third-order valence-electron chi connectivity index (χ3n) is 3.64. The van der Waals surface area contributed by atoms with E-state index in [0.717, 1.165) is 5.69 Å². The van der Waals surface area contributed by atoms with Gasteiger partial charge in [-0.15, -0.1) is 11.3 Å². The van der Waals surface area contributed by atoms with Gasteiger partial charge in [0, 0.05) is 12.3 Å². The Morgan fingerprint density at radius 3 is 2.67 bits per heavy atom. The predicted octanol–water partition coefficient (Wildman–Crippen LogP) is 4.06. The summed E-state index contributed by atoms with van der Waals surface area (Å²) in [6.07, 6.45) is 0. The molecule has 0 aliphatic carbocycles. The predicted molar refractivity (Wildman–Crippen MR) is 102 cm³/mol. The van der Waals surface area contributed by atoms with Gasteiger partial charge in [-0.1, -0.05) is 24.3 Å². The van der Waals surface area contributed by atoms with E-state index in [9.17, 15) is 9.59 Å². The van der Waals surface area contributed by atoms with Crippen molar-refractivity contribution in [2.24, 2.45) is 0 Å². The lowest BCUT2D eigenvalue weighted by Crippen LogP contribution is -2.22. The number of nitrogens with zero attached hydrogens (tertiary/aromatic N) is 3. The molecule has 0 saturated carbocycles. The van der Waals surface area contributed by atoms with Gasteiger partial charge in [0.1, 0.15) is 6.61 Å². The molecule has 0 unspecified atom stereocenters. The first kappa shape index (κ1) is 18.3. The number of hydrogen-bond acceptors (Lipinski definition) is 6. The van der Waals surface area contributed by atoms with Gasteiger partial charge < -0.3 is 4.74 Å². The zero-order chi connectivity index (χ0) is 19.2. The molecule has 27 heavy (non-hydrogen) atoms. The van der Waals surface area contributed by atoms with Crippen molar-refractivity contribution >= 4 is 34.0 Å². The second-order valence-electron chi connectivity index (χ2n) is 5.58. The summed E-state index contributed by atoms with van der Waals surface area (Å²) in [5, 5.41) is 11.2. The van der Waals surface area contributed by atoms with Gasteiger partial charge >= 0.3 is 5.97 Å². The van der Waals surface area contributed by atoms with Gasteiger partial charge in [-0.25, -0.2) is 9.78 Å². The molecule has 6 nitrogen and oxygen atoms in total. The number of amides is 1. The van der Waals surface area contributed by atoms with Crippen molar-refractivity contribution in [1.82, 2.24) is 4.98 Å². The minimum atomic E-state index is -0.534. The maximum atomic E-state index is 12.1. The van der Waals surface area contributed by atoms with E-state index in [0.29, 0.717) is 22.0 Å². The highest BCUT2D eigenvalue weighted by atomic mass is 32.1. The molecule has 0 atom stereocenters. The average molecular weight is 377 g/mol. The minimum Gasteiger partial charge on any atom is -0.456 e. The van der Waals surface area contributed by atoms with Crippen molar-refractivity contribution in [2.45, 2.75) is 13.5 Å². The number of rotatable bonds is 5. The Labute approximate surface area is 160 Å². The van der Waals surface area contributed by atoms with Gasteiger partial charge in [0.2, 0.25) is 5.91 Å². The van der Waals surface area contributed by atoms with Crippen LogP contribution >= 0.6 is 11.3 Å². The number of anilines is 2. The zero-order valence-corrected chi connectivity index (χ0v) is 15.3. The molecule has 0 spiro atoms. The second-order valence-corrected chi connectivity index (χ2v) is 6.42. The number of para-hydroxylation sites is 1. The Balaban J connectivity index is 1.71. The van der Waals surface area contributed by atoms with Crippen LogP contribution in [0.1, 0.15) is 28.5 Å². The normalized spacial score (nSPS) is 10.1. The van der Waals surface area contributed by atoms with Crippen molar-refractivity contribution in [1.29, 1.82) is 5.26 Å². The lowest BCUT2D eigenvalue weighted by molar-refractivity contribution is -0.115. The Bertz CT molecular complexity index is 1010. The summed E-state index contributed by atoms with van der Waals surface area (Å²) in [7, 11) is 0. The van der Waals surface area contributed by atoms with Crippen LogP contribution in [0.4, 0.5) is 10.8 Å². The first-order valence-corrected chi connectivity index (χ1v) is 8.94. The van der Waals surface area contributed by atoms with E-state index < -0.39 is 5.97 Å². The van der Waals surface area contributed by atoms with E-state index >= 15 is 0 Å². The maximum Gasteiger partial charge on any atom is 0.338 e. The Kier molecular flexibility index (Phi) is 5.59. The van der Waals surface area contributed by atoms with Crippen LogP contribution in [0.3, 0.4) is 0 Å². The van der Waals surface area contributed by atoms with E-state index in [1.165, 1.54) is 29.2 Å². The smallest absolute Gasteiger partial charge is 0.338 e. The standard InChI is InChI=1S/C20H15N3O3S/c1-14(24)23(18-8-3-2-4-9-18)20-22-17(13-27-20)12-26-19(25)16-7-5-6-15(10-16)11-21/h2-10,13H,12H2,1H3. The first-order valence-electron chi connectivity index (χ1n) is 8.06. The van der Waals surface area contributed by atoms with E-state index in [1.807, 2.05) is 36.4 Å². The number of carbonyl (C=O) groups excluding carboxylic acids is 2. The molecule has 134 valence electrons. The summed E-state index contributed by atoms with van der Waals surface area (Å²) >= 11 is 1.29. The van der Waals surface area contributed by atoms with Crippen LogP contribution in [-0.2, 0) is 16.1 Å². The summed E-state index contributed by atoms with van der Waals surface area (Å²) in [5.74, 6) is -0.694. The van der Waals surface area contributed by atoms with Crippen molar-refractivity contribution in [2.75, 3.05) is 4.90 Å². The van der Waals surface area contributed by atoms with Crippen molar-refractivity contribution in [3.05, 3.63) is 76.8 Å². The van der Waals surface area contributed by atoms with Crippen molar-refractivity contribution in [3.8, 4) is 6.07 Å². The van der Waals surface area contributed by atoms with Crippen molar-refractivity contribution in [3.63, 3.8) is 0 Å². The lowest BCUT2D eigenvalue weighted by atomic mass is 10.1. The van der Waals surface area contributed by atoms with Crippen molar-refractivity contribution < 1.29 is 14.3 Å². The van der Waals surface area contributed by atoms with Gasteiger partial charge in [-0.3, -0.25) is 9.69 Å². The molecule has 0 radical (unpaired) electrons. The molecule has 0 aliphatic rings. The van der Waals surface area contributed by atoms with Crippen LogP contribution in [0.15, 0.2) is 60.0 Å². The molecule has 0 aliphatic heterocycles. The Hall–Kier alpha value is -3.50. The van der Waals surface area contributed by atoms with E-state index in [1.54, 1.807) is 23.6 Å². The largest absolute Gasteiger partial charge is 0.456 e. The van der Waals surface area contributed by atoms with Crippen LogP contribution < -0.4 is 4.90 Å². The lowest BCUT2D eigenvalue weighted by Gasteiger charge is -2.17. The topological polar surface area (TPSA) is 83.3 Å². The Morgan fingerprint density at radius 1 is 1.19 bits per heavy atom. The quantitative estimate of drug-likeness (QED) is 0.626. The highest BCUT2D eigenvalue weighted by Gasteiger charge is 2.18. The van der Waals surface area contributed by atoms with E-state index in [2.05, 4.69) is 4.98 Å². The summed E-state index contributed by atoms with van der Waals surface area (Å²) in [5.41, 5.74) is 1.96. The SMILES string of the molecule is CC(=O)N(c1ccccc1)c1nc(COC(=O)c2cccc(C#N)c2)cs1. The molecule has 0 bridgehead atoms. The van der Waals surface area contributed by atoms with Crippen LogP contribution in [-0.4, -0.2) is 16.9 Å². The molecule has 2 aromatic carbocycles. The van der Waals surface area contributed by atoms with Gasteiger partial charge in [0.15, 0.2) is 5.13 Å². The minimum absolute atomic E-state index is 0.0212. The molecular weight excluding hydrogens is 362 g/mol. The maximum absolute atomic E-state index is 12.1. The number of ether oxygens (including phenoxy) is 1. The van der Waals surface area contributed by atoms with Gasteiger partial charge in [-0.2, -0.15) is 5.26 Å². The molecule has 0 saturated heterocycles. The number of aromatic nitrogens is 1. The van der Waals surface area contributed by atoms with E-state index in [4.69, 9.17) is 10.00 Å². The molecule has 3 rings (SSSR count). The molecule has 1 aromatic heterocycles. The zero-order valence-electron chi connectivity index (χ0n) is 14.5. The third kappa shape index (κ3) is 4.37. The average Bonchev–Trinajstić information content (AvgIpc) is 3.15. The van der Waals surface area contributed by atoms with Gasteiger partial charge in [-0.05, 0) is 30.3 Å².